The molecule has 6 aliphatic carbocycles. The third-order valence-corrected chi connectivity index (χ3v) is 27.9. The molecule has 302 valence electrons. The normalized spacial score (nSPS) is 25.0. The fourth-order valence-electron chi connectivity index (χ4n) is 14.1. The molecular formula is C49H78N4P2+2. The van der Waals surface area contributed by atoms with Gasteiger partial charge in [-0.1, -0.05) is 116 Å². The first-order valence-electron chi connectivity index (χ1n) is 24.5. The Labute approximate surface area is 335 Å². The minimum atomic E-state index is -1.57. The quantitative estimate of drug-likeness (QED) is 0.207. The maximum absolute atomic E-state index is 6.41. The highest BCUT2D eigenvalue weighted by Gasteiger charge is 2.54. The molecule has 4 nitrogen and oxygen atoms in total. The van der Waals surface area contributed by atoms with Gasteiger partial charge in [0.2, 0.25) is 14.1 Å². The molecule has 7 aliphatic rings. The fraction of sp³-hybridized carbons (Fsp3) is 0.796. The summed E-state index contributed by atoms with van der Waals surface area (Å²) >= 11 is 0. The highest BCUT2D eigenvalue weighted by Crippen LogP contribution is 2.69. The second-order valence-electron chi connectivity index (χ2n) is 19.8. The maximum Gasteiger partial charge on any atom is 0.322 e. The van der Waals surface area contributed by atoms with E-state index >= 15 is 0 Å². The van der Waals surface area contributed by atoms with Gasteiger partial charge in [-0.15, -0.1) is 8.84 Å². The fourth-order valence-corrected chi connectivity index (χ4v) is 26.8. The van der Waals surface area contributed by atoms with Gasteiger partial charge >= 0.3 is 10.7 Å². The minimum absolute atomic E-state index is 0.877. The van der Waals surface area contributed by atoms with Crippen molar-refractivity contribution in [2.24, 2.45) is 0 Å². The molecule has 55 heavy (non-hydrogen) atoms. The number of pyridine rings is 2. The van der Waals surface area contributed by atoms with E-state index in [9.17, 15) is 0 Å². The summed E-state index contributed by atoms with van der Waals surface area (Å²) in [5.41, 5.74) is 8.10. The lowest BCUT2D eigenvalue weighted by molar-refractivity contribution is 0.454. The predicted octanol–water partition coefficient (Wildman–Crippen LogP) is 12.7. The average Bonchev–Trinajstić information content (AvgIpc) is 3.45. The van der Waals surface area contributed by atoms with Gasteiger partial charge in [0.25, 0.3) is 0 Å². The van der Waals surface area contributed by atoms with Crippen LogP contribution in [0.4, 0.5) is 0 Å². The van der Waals surface area contributed by atoms with Crippen LogP contribution in [-0.4, -0.2) is 43.1 Å². The van der Waals surface area contributed by atoms with Gasteiger partial charge in [-0.3, -0.25) is 0 Å². The lowest BCUT2D eigenvalue weighted by Gasteiger charge is -2.40. The molecule has 6 fully saturated rings. The maximum atomic E-state index is 6.41. The summed E-state index contributed by atoms with van der Waals surface area (Å²) in [4.78, 5) is 0. The molecule has 0 bridgehead atoms. The van der Waals surface area contributed by atoms with Crippen molar-refractivity contribution in [1.29, 1.82) is 0 Å². The molecule has 3 heterocycles. The second kappa shape index (κ2) is 18.2. The summed E-state index contributed by atoms with van der Waals surface area (Å²) in [5.74, 6) is 0. The van der Waals surface area contributed by atoms with Crippen LogP contribution in [-0.2, 0) is 13.1 Å². The van der Waals surface area contributed by atoms with E-state index in [2.05, 4.69) is 45.8 Å². The SMILES string of the molecule is c1cn2c(cc1=[N+]=P(C1CCCCC1)(C1CCCCC1)C1CCCCC1)-c1cc(=[N+]=P(C3CCCCC3)(C3CCCCC3)C3CCCCC3)ccn1CCC2. The largest absolute Gasteiger partial charge is 0.346 e. The smallest absolute Gasteiger partial charge is 0.322 e. The van der Waals surface area contributed by atoms with Crippen molar-refractivity contribution in [2.45, 2.75) is 246 Å². The van der Waals surface area contributed by atoms with E-state index in [1.54, 1.807) is 0 Å². The molecular weight excluding hydrogens is 707 g/mol. The topological polar surface area (TPSA) is 38.1 Å². The number of fused-ring (bicyclic) bond motifs is 3. The Morgan fingerprint density at radius 3 is 0.855 bits per heavy atom. The van der Waals surface area contributed by atoms with Crippen LogP contribution in [0.5, 0.6) is 0 Å². The van der Waals surface area contributed by atoms with E-state index in [0.29, 0.717) is 0 Å². The van der Waals surface area contributed by atoms with Crippen LogP contribution in [0.15, 0.2) is 36.7 Å². The lowest BCUT2D eigenvalue weighted by atomic mass is 9.99. The molecule has 0 spiro atoms. The van der Waals surface area contributed by atoms with Gasteiger partial charge in [0.15, 0.2) is 0 Å². The van der Waals surface area contributed by atoms with E-state index in [1.165, 1.54) is 221 Å². The van der Waals surface area contributed by atoms with Gasteiger partial charge in [0.1, 0.15) is 0 Å². The van der Waals surface area contributed by atoms with Crippen LogP contribution in [0.25, 0.3) is 11.4 Å². The number of aromatic nitrogens is 2. The molecule has 0 radical (unpaired) electrons. The molecule has 6 heteroatoms. The zero-order valence-corrected chi connectivity index (χ0v) is 36.7. The zero-order chi connectivity index (χ0) is 36.9. The summed E-state index contributed by atoms with van der Waals surface area (Å²) < 4.78 is 18.0. The Hall–Kier alpha value is -1.42. The van der Waals surface area contributed by atoms with Crippen molar-refractivity contribution in [3.05, 3.63) is 47.4 Å². The van der Waals surface area contributed by atoms with Crippen LogP contribution in [0, 0.1) is 0 Å². The Kier molecular flexibility index (Phi) is 13.0. The molecule has 2 aromatic heterocycles. The van der Waals surface area contributed by atoms with Crippen molar-refractivity contribution in [3.63, 3.8) is 0 Å². The number of hydrogen-bond donors (Lipinski definition) is 0. The van der Waals surface area contributed by atoms with Crippen LogP contribution in [0.1, 0.15) is 199 Å². The van der Waals surface area contributed by atoms with Crippen molar-refractivity contribution in [2.75, 3.05) is 0 Å². The van der Waals surface area contributed by atoms with E-state index in [-0.39, 0.29) is 0 Å². The van der Waals surface area contributed by atoms with Crippen LogP contribution in [0.2, 0.25) is 0 Å². The predicted molar refractivity (Wildman–Crippen MR) is 238 cm³/mol. The van der Waals surface area contributed by atoms with Crippen molar-refractivity contribution in [3.8, 4) is 11.4 Å². The Balaban J connectivity index is 1.28. The third-order valence-electron chi connectivity index (χ3n) is 16.6. The number of hydrogen-bond acceptors (Lipinski definition) is 0. The number of aryl methyl sites for hydroxylation is 2. The Bertz CT molecular complexity index is 1610. The van der Waals surface area contributed by atoms with Gasteiger partial charge in [-0.2, -0.15) is 0 Å². The minimum Gasteiger partial charge on any atom is -0.346 e. The summed E-state index contributed by atoms with van der Waals surface area (Å²) in [6, 6.07) is 10.2. The van der Waals surface area contributed by atoms with Gasteiger partial charge in [-0.25, -0.2) is 0 Å². The molecule has 0 unspecified atom stereocenters. The molecule has 0 atom stereocenters. The molecule has 0 N–H and O–H groups in total. The first-order chi connectivity index (χ1) is 27.2. The molecule has 0 amide bonds. The van der Waals surface area contributed by atoms with Crippen LogP contribution in [0.3, 0.4) is 0 Å². The molecule has 0 saturated heterocycles. The molecule has 1 aliphatic heterocycles. The molecule has 2 aromatic rings. The zero-order valence-electron chi connectivity index (χ0n) is 34.9. The van der Waals surface area contributed by atoms with Gasteiger partial charge in [0, 0.05) is 71.6 Å². The summed E-state index contributed by atoms with van der Waals surface area (Å²) in [7, 11) is -3.13. The first-order valence-corrected chi connectivity index (χ1v) is 28.4. The highest BCUT2D eigenvalue weighted by atomic mass is 31.2. The molecule has 9 rings (SSSR count). The third kappa shape index (κ3) is 8.14. The van der Waals surface area contributed by atoms with Crippen molar-refractivity contribution < 1.29 is 0 Å². The second-order valence-corrected chi connectivity index (χ2v) is 27.8. The van der Waals surface area contributed by atoms with Gasteiger partial charge < -0.3 is 9.13 Å². The van der Waals surface area contributed by atoms with E-state index in [0.717, 1.165) is 47.0 Å². The van der Waals surface area contributed by atoms with Crippen molar-refractivity contribution in [1.82, 2.24) is 18.0 Å². The molecule has 6 saturated carbocycles. The number of rotatable bonds is 6. The average molecular weight is 785 g/mol. The van der Waals surface area contributed by atoms with E-state index in [1.807, 2.05) is 0 Å². The highest BCUT2D eigenvalue weighted by molar-refractivity contribution is 7.68. The lowest BCUT2D eigenvalue weighted by Crippen LogP contribution is -2.34. The Morgan fingerprint density at radius 1 is 0.345 bits per heavy atom. The van der Waals surface area contributed by atoms with E-state index < -0.39 is 14.1 Å². The van der Waals surface area contributed by atoms with Gasteiger partial charge in [0.05, 0.1) is 23.5 Å². The van der Waals surface area contributed by atoms with Crippen molar-refractivity contribution >= 4 is 14.1 Å². The van der Waals surface area contributed by atoms with Crippen LogP contribution >= 0.6 is 14.1 Å². The summed E-state index contributed by atoms with van der Waals surface area (Å²) in [6.07, 6.45) is 49.7. The Morgan fingerprint density at radius 2 is 0.600 bits per heavy atom. The first kappa shape index (κ1) is 39.1. The van der Waals surface area contributed by atoms with E-state index in [4.69, 9.17) is 8.84 Å². The van der Waals surface area contributed by atoms with Crippen LogP contribution < -0.4 is 19.6 Å². The standard InChI is InChI=1S/C49H78N4P2/c1-7-20-42(21-8-1)54(43-22-9-2-10-23-43,44-24-11-3-12-25-44)50-40-32-36-52-34-19-35-53-37-33-41(39-49(53)48(52)38-40)51-55(45-26-13-4-14-27-45,46-28-15-5-16-29-46)47-30-17-6-18-31-47/h32-33,36-39,42-47H,1-31,34-35H2/q+2. The molecule has 0 aromatic carbocycles. The monoisotopic (exact) mass is 785 g/mol. The van der Waals surface area contributed by atoms with Gasteiger partial charge in [-0.05, 0) is 83.5 Å². The summed E-state index contributed by atoms with van der Waals surface area (Å²) in [6.45, 7) is 2.20. The number of nitrogens with zero attached hydrogens (tertiary/aromatic N) is 4. The summed E-state index contributed by atoms with van der Waals surface area (Å²) in [5, 5.41) is 2.68.